The van der Waals surface area contributed by atoms with Crippen molar-refractivity contribution in [2.75, 3.05) is 0 Å². The Kier molecular flexibility index (Phi) is 5.32. The summed E-state index contributed by atoms with van der Waals surface area (Å²) in [6.45, 7) is 6.47. The van der Waals surface area contributed by atoms with E-state index >= 15 is 0 Å². The van der Waals surface area contributed by atoms with Gasteiger partial charge in [0.1, 0.15) is 5.75 Å². The fourth-order valence-electron chi connectivity index (χ4n) is 1.23. The van der Waals surface area contributed by atoms with Crippen molar-refractivity contribution >= 4 is 0 Å². The van der Waals surface area contributed by atoms with Gasteiger partial charge in [0.25, 0.3) is 0 Å². The van der Waals surface area contributed by atoms with Gasteiger partial charge in [-0.1, -0.05) is 39.0 Å². The number of phenols is 1. The molecule has 0 saturated heterocycles. The Morgan fingerprint density at radius 3 is 2.08 bits per heavy atom. The summed E-state index contributed by atoms with van der Waals surface area (Å²) >= 11 is 0. The van der Waals surface area contributed by atoms with E-state index in [0.29, 0.717) is 17.6 Å². The standard InChI is InChI=1S/C11H16O.W/c1-8(2)9(3)10-6-4-5-7-11(10)12;/h4-9,12H,1-3H3;. The van der Waals surface area contributed by atoms with Crippen LogP contribution in [0.2, 0.25) is 0 Å². The molecule has 13 heavy (non-hydrogen) atoms. The fourth-order valence-corrected chi connectivity index (χ4v) is 1.23. The van der Waals surface area contributed by atoms with Crippen LogP contribution in [0, 0.1) is 5.92 Å². The van der Waals surface area contributed by atoms with E-state index in [2.05, 4.69) is 20.8 Å². The molecule has 0 fully saturated rings. The molecule has 0 aliphatic rings. The van der Waals surface area contributed by atoms with Gasteiger partial charge in [0.05, 0.1) is 0 Å². The average molecular weight is 348 g/mol. The van der Waals surface area contributed by atoms with E-state index in [4.69, 9.17) is 0 Å². The Morgan fingerprint density at radius 1 is 1.08 bits per heavy atom. The van der Waals surface area contributed by atoms with Crippen molar-refractivity contribution < 1.29 is 26.2 Å². The second kappa shape index (κ2) is 5.44. The Bertz CT molecular complexity index is 258. The van der Waals surface area contributed by atoms with Crippen LogP contribution in [0.4, 0.5) is 0 Å². The Hall–Kier alpha value is -0.292. The molecule has 0 amide bonds. The van der Waals surface area contributed by atoms with Gasteiger partial charge < -0.3 is 5.11 Å². The van der Waals surface area contributed by atoms with E-state index in [1.165, 1.54) is 0 Å². The van der Waals surface area contributed by atoms with Crippen LogP contribution in [-0.4, -0.2) is 5.11 Å². The maximum Gasteiger partial charge on any atom is 0.119 e. The van der Waals surface area contributed by atoms with Crippen molar-refractivity contribution in [1.29, 1.82) is 0 Å². The predicted octanol–water partition coefficient (Wildman–Crippen LogP) is 3.15. The van der Waals surface area contributed by atoms with E-state index in [1.54, 1.807) is 6.07 Å². The van der Waals surface area contributed by atoms with Gasteiger partial charge in [-0.15, -0.1) is 0 Å². The van der Waals surface area contributed by atoms with Crippen molar-refractivity contribution in [2.45, 2.75) is 26.7 Å². The molecule has 0 aromatic heterocycles. The van der Waals surface area contributed by atoms with Crippen LogP contribution in [0.1, 0.15) is 32.3 Å². The number of hydrogen-bond donors (Lipinski definition) is 1. The van der Waals surface area contributed by atoms with Crippen LogP contribution in [0.5, 0.6) is 5.75 Å². The average Bonchev–Trinajstić information content (AvgIpc) is 2.04. The summed E-state index contributed by atoms with van der Waals surface area (Å²) in [5.41, 5.74) is 1.05. The van der Waals surface area contributed by atoms with Crippen LogP contribution in [0.3, 0.4) is 0 Å². The van der Waals surface area contributed by atoms with Crippen molar-refractivity contribution in [1.82, 2.24) is 0 Å². The van der Waals surface area contributed by atoms with Crippen molar-refractivity contribution in [3.63, 3.8) is 0 Å². The molecule has 1 N–H and O–H groups in total. The van der Waals surface area contributed by atoms with E-state index < -0.39 is 0 Å². The summed E-state index contributed by atoms with van der Waals surface area (Å²) in [4.78, 5) is 0. The summed E-state index contributed by atoms with van der Waals surface area (Å²) in [6.07, 6.45) is 0. The third-order valence-corrected chi connectivity index (χ3v) is 2.43. The van der Waals surface area contributed by atoms with Crippen LogP contribution >= 0.6 is 0 Å². The first-order valence-corrected chi connectivity index (χ1v) is 4.41. The first-order valence-electron chi connectivity index (χ1n) is 4.41. The van der Waals surface area contributed by atoms with Gasteiger partial charge >= 0.3 is 0 Å². The van der Waals surface area contributed by atoms with Gasteiger partial charge in [-0.3, -0.25) is 0 Å². The van der Waals surface area contributed by atoms with Gasteiger partial charge in [0.2, 0.25) is 0 Å². The van der Waals surface area contributed by atoms with E-state index in [1.807, 2.05) is 18.2 Å². The smallest absolute Gasteiger partial charge is 0.119 e. The monoisotopic (exact) mass is 348 g/mol. The van der Waals surface area contributed by atoms with Crippen LogP contribution in [0.25, 0.3) is 0 Å². The topological polar surface area (TPSA) is 20.2 Å². The molecule has 0 saturated carbocycles. The van der Waals surface area contributed by atoms with Gasteiger partial charge in [0, 0.05) is 21.1 Å². The maximum absolute atomic E-state index is 9.53. The Labute approximate surface area is 94.4 Å². The Morgan fingerprint density at radius 2 is 1.62 bits per heavy atom. The normalized spacial score (nSPS) is 12.3. The summed E-state index contributed by atoms with van der Waals surface area (Å²) in [5, 5.41) is 9.53. The SMILES string of the molecule is CC(C)C(C)c1ccccc1O.[W]. The van der Waals surface area contributed by atoms with Crippen molar-refractivity contribution in [3.05, 3.63) is 29.8 Å². The number of benzene rings is 1. The number of phenolic OH excluding ortho intramolecular Hbond substituents is 1. The molecule has 2 heteroatoms. The molecule has 0 spiro atoms. The molecule has 1 atom stereocenters. The van der Waals surface area contributed by atoms with Crippen molar-refractivity contribution in [3.8, 4) is 5.75 Å². The van der Waals surface area contributed by atoms with E-state index in [-0.39, 0.29) is 21.1 Å². The molecule has 1 rings (SSSR count). The zero-order chi connectivity index (χ0) is 9.14. The zero-order valence-corrected chi connectivity index (χ0v) is 11.3. The number of hydrogen-bond acceptors (Lipinski definition) is 1. The van der Waals surface area contributed by atoms with E-state index in [9.17, 15) is 5.11 Å². The molecule has 0 aliphatic carbocycles. The molecular formula is C11H16OW. The quantitative estimate of drug-likeness (QED) is 0.871. The molecule has 1 unspecified atom stereocenters. The predicted molar refractivity (Wildman–Crippen MR) is 51.4 cm³/mol. The molecule has 1 aromatic carbocycles. The fraction of sp³-hybridized carbons (Fsp3) is 0.455. The molecule has 0 heterocycles. The molecular weight excluding hydrogens is 332 g/mol. The number of aromatic hydroxyl groups is 1. The molecule has 0 bridgehead atoms. The minimum absolute atomic E-state index is 0. The van der Waals surface area contributed by atoms with Crippen LogP contribution in [-0.2, 0) is 21.1 Å². The number of rotatable bonds is 2. The van der Waals surface area contributed by atoms with Crippen molar-refractivity contribution in [2.24, 2.45) is 5.92 Å². The largest absolute Gasteiger partial charge is 0.508 e. The molecule has 0 aliphatic heterocycles. The second-order valence-electron chi connectivity index (χ2n) is 3.59. The van der Waals surface area contributed by atoms with Gasteiger partial charge in [-0.2, -0.15) is 0 Å². The zero-order valence-electron chi connectivity index (χ0n) is 8.32. The Balaban J connectivity index is 0.00000144. The minimum Gasteiger partial charge on any atom is -0.508 e. The maximum atomic E-state index is 9.53. The van der Waals surface area contributed by atoms with Gasteiger partial charge in [0.15, 0.2) is 0 Å². The van der Waals surface area contributed by atoms with E-state index in [0.717, 1.165) is 5.56 Å². The molecule has 1 nitrogen and oxygen atoms in total. The summed E-state index contributed by atoms with van der Waals surface area (Å²) in [5.74, 6) is 1.41. The third kappa shape index (κ3) is 3.15. The second-order valence-corrected chi connectivity index (χ2v) is 3.59. The van der Waals surface area contributed by atoms with Crippen LogP contribution < -0.4 is 0 Å². The molecule has 1 aromatic rings. The summed E-state index contributed by atoms with van der Waals surface area (Å²) in [6, 6.07) is 7.55. The first kappa shape index (κ1) is 12.7. The first-order chi connectivity index (χ1) is 5.63. The summed E-state index contributed by atoms with van der Waals surface area (Å²) < 4.78 is 0. The minimum atomic E-state index is 0. The molecule has 72 valence electrons. The van der Waals surface area contributed by atoms with Crippen LogP contribution in [0.15, 0.2) is 24.3 Å². The van der Waals surface area contributed by atoms with Gasteiger partial charge in [-0.05, 0) is 23.5 Å². The summed E-state index contributed by atoms with van der Waals surface area (Å²) in [7, 11) is 0. The third-order valence-electron chi connectivity index (χ3n) is 2.43. The number of para-hydroxylation sites is 1. The van der Waals surface area contributed by atoms with Gasteiger partial charge in [-0.25, -0.2) is 0 Å². The molecule has 0 radical (unpaired) electrons.